The van der Waals surface area contributed by atoms with Crippen molar-refractivity contribution in [3.8, 4) is 0 Å². The van der Waals surface area contributed by atoms with Gasteiger partial charge >= 0.3 is 0 Å². The maximum atomic E-state index is 10.8. The molecule has 0 saturated heterocycles. The lowest BCUT2D eigenvalue weighted by atomic mass is 9.90. The van der Waals surface area contributed by atoms with Crippen LogP contribution in [0.3, 0.4) is 0 Å². The van der Waals surface area contributed by atoms with Crippen molar-refractivity contribution in [2.24, 2.45) is 0 Å². The SMILES string of the molecule is CN[C@@H]1CCCC[C@@H]1NC(C)=O. The maximum absolute atomic E-state index is 10.8. The molecule has 0 aromatic carbocycles. The number of hydrogen-bond acceptors (Lipinski definition) is 2. The van der Waals surface area contributed by atoms with Gasteiger partial charge in [0.25, 0.3) is 0 Å². The smallest absolute Gasteiger partial charge is 0.217 e. The van der Waals surface area contributed by atoms with E-state index < -0.39 is 0 Å². The minimum Gasteiger partial charge on any atom is -0.352 e. The molecule has 1 amide bonds. The number of nitrogens with one attached hydrogen (secondary N) is 2. The van der Waals surface area contributed by atoms with Crippen LogP contribution in [0.15, 0.2) is 0 Å². The fourth-order valence-electron chi connectivity index (χ4n) is 1.91. The fourth-order valence-corrected chi connectivity index (χ4v) is 1.91. The molecule has 0 aromatic rings. The fraction of sp³-hybridized carbons (Fsp3) is 0.889. The molecule has 12 heavy (non-hydrogen) atoms. The summed E-state index contributed by atoms with van der Waals surface area (Å²) >= 11 is 0. The van der Waals surface area contributed by atoms with Crippen LogP contribution in [0.2, 0.25) is 0 Å². The van der Waals surface area contributed by atoms with Gasteiger partial charge in [0.05, 0.1) is 0 Å². The summed E-state index contributed by atoms with van der Waals surface area (Å²) in [7, 11) is 1.96. The van der Waals surface area contributed by atoms with E-state index in [9.17, 15) is 4.79 Å². The number of amides is 1. The van der Waals surface area contributed by atoms with Crippen LogP contribution in [0.25, 0.3) is 0 Å². The van der Waals surface area contributed by atoms with Gasteiger partial charge in [-0.25, -0.2) is 0 Å². The van der Waals surface area contributed by atoms with Gasteiger partial charge in [0.2, 0.25) is 5.91 Å². The Bertz CT molecular complexity index is 159. The standard InChI is InChI=1S/C9H18N2O/c1-7(12)11-9-6-4-3-5-8(9)10-2/h8-10H,3-6H2,1-2H3,(H,11,12)/t8-,9+/m1/s1. The van der Waals surface area contributed by atoms with E-state index >= 15 is 0 Å². The van der Waals surface area contributed by atoms with Crippen LogP contribution >= 0.6 is 0 Å². The highest BCUT2D eigenvalue weighted by molar-refractivity contribution is 5.73. The Labute approximate surface area is 73.9 Å². The average Bonchev–Trinajstić information content (AvgIpc) is 2.04. The Kier molecular flexibility index (Phi) is 3.53. The zero-order chi connectivity index (χ0) is 8.97. The van der Waals surface area contributed by atoms with Gasteiger partial charge in [-0.1, -0.05) is 12.8 Å². The van der Waals surface area contributed by atoms with Crippen molar-refractivity contribution in [1.82, 2.24) is 10.6 Å². The molecule has 0 unspecified atom stereocenters. The van der Waals surface area contributed by atoms with Crippen LogP contribution in [-0.2, 0) is 4.79 Å². The van der Waals surface area contributed by atoms with E-state index in [0.29, 0.717) is 12.1 Å². The van der Waals surface area contributed by atoms with Gasteiger partial charge in [0.1, 0.15) is 0 Å². The Balaban J connectivity index is 2.41. The van der Waals surface area contributed by atoms with Gasteiger partial charge in [-0.2, -0.15) is 0 Å². The molecule has 1 aliphatic carbocycles. The van der Waals surface area contributed by atoms with Crippen LogP contribution in [0, 0.1) is 0 Å². The van der Waals surface area contributed by atoms with E-state index in [0.717, 1.165) is 6.42 Å². The lowest BCUT2D eigenvalue weighted by Crippen LogP contribution is -2.49. The normalized spacial score (nSPS) is 29.8. The highest BCUT2D eigenvalue weighted by Gasteiger charge is 2.23. The second-order valence-electron chi connectivity index (χ2n) is 3.49. The Hall–Kier alpha value is -0.570. The van der Waals surface area contributed by atoms with E-state index in [1.807, 2.05) is 7.05 Å². The molecular weight excluding hydrogens is 152 g/mol. The molecule has 1 fully saturated rings. The molecule has 0 heterocycles. The molecule has 3 nitrogen and oxygen atoms in total. The third-order valence-corrected chi connectivity index (χ3v) is 2.53. The molecule has 2 atom stereocenters. The molecule has 0 aromatic heterocycles. The van der Waals surface area contributed by atoms with Gasteiger partial charge in [-0.05, 0) is 19.9 Å². The topological polar surface area (TPSA) is 41.1 Å². The van der Waals surface area contributed by atoms with Crippen molar-refractivity contribution in [2.75, 3.05) is 7.05 Å². The highest BCUT2D eigenvalue weighted by atomic mass is 16.1. The summed E-state index contributed by atoms with van der Waals surface area (Å²) in [5.41, 5.74) is 0. The minimum absolute atomic E-state index is 0.0853. The number of carbonyl (C=O) groups excluding carboxylic acids is 1. The van der Waals surface area contributed by atoms with E-state index in [1.54, 1.807) is 6.92 Å². The number of likely N-dealkylation sites (N-methyl/N-ethyl adjacent to an activating group) is 1. The molecule has 0 bridgehead atoms. The first-order valence-electron chi connectivity index (χ1n) is 4.68. The van der Waals surface area contributed by atoms with Crippen LogP contribution in [0.4, 0.5) is 0 Å². The van der Waals surface area contributed by atoms with Gasteiger partial charge in [0, 0.05) is 19.0 Å². The van der Waals surface area contributed by atoms with Crippen LogP contribution in [0.1, 0.15) is 32.6 Å². The van der Waals surface area contributed by atoms with Crippen molar-refractivity contribution in [3.63, 3.8) is 0 Å². The predicted molar refractivity (Wildman–Crippen MR) is 48.9 cm³/mol. The number of rotatable bonds is 2. The van der Waals surface area contributed by atoms with Gasteiger partial charge in [-0.15, -0.1) is 0 Å². The molecular formula is C9H18N2O. The molecule has 1 rings (SSSR count). The largest absolute Gasteiger partial charge is 0.352 e. The van der Waals surface area contributed by atoms with E-state index in [2.05, 4.69) is 10.6 Å². The summed E-state index contributed by atoms with van der Waals surface area (Å²) in [5, 5.41) is 6.23. The van der Waals surface area contributed by atoms with Crippen molar-refractivity contribution in [2.45, 2.75) is 44.7 Å². The molecule has 0 radical (unpaired) electrons. The van der Waals surface area contributed by atoms with Gasteiger partial charge in [-0.3, -0.25) is 4.79 Å². The number of carbonyl (C=O) groups is 1. The quantitative estimate of drug-likeness (QED) is 0.639. The average molecular weight is 170 g/mol. The third-order valence-electron chi connectivity index (χ3n) is 2.53. The Morgan fingerprint density at radius 1 is 1.25 bits per heavy atom. The van der Waals surface area contributed by atoms with Crippen LogP contribution in [0.5, 0.6) is 0 Å². The molecule has 1 aliphatic rings. The van der Waals surface area contributed by atoms with E-state index in [-0.39, 0.29) is 5.91 Å². The van der Waals surface area contributed by atoms with Gasteiger partial charge in [0.15, 0.2) is 0 Å². The highest BCUT2D eigenvalue weighted by Crippen LogP contribution is 2.17. The lowest BCUT2D eigenvalue weighted by Gasteiger charge is -2.31. The summed E-state index contributed by atoms with van der Waals surface area (Å²) in [6.07, 6.45) is 4.82. The minimum atomic E-state index is 0.0853. The Morgan fingerprint density at radius 3 is 2.33 bits per heavy atom. The third kappa shape index (κ3) is 2.48. The molecule has 0 spiro atoms. The second-order valence-corrected chi connectivity index (χ2v) is 3.49. The summed E-state index contributed by atoms with van der Waals surface area (Å²) in [5.74, 6) is 0.0853. The van der Waals surface area contributed by atoms with Crippen molar-refractivity contribution < 1.29 is 4.79 Å². The summed E-state index contributed by atoms with van der Waals surface area (Å²) in [6.45, 7) is 1.58. The molecule has 3 heteroatoms. The van der Waals surface area contributed by atoms with Gasteiger partial charge < -0.3 is 10.6 Å². The van der Waals surface area contributed by atoms with E-state index in [1.165, 1.54) is 19.3 Å². The summed E-state index contributed by atoms with van der Waals surface area (Å²) in [4.78, 5) is 10.8. The number of hydrogen-bond donors (Lipinski definition) is 2. The zero-order valence-corrected chi connectivity index (χ0v) is 7.89. The molecule has 1 saturated carbocycles. The van der Waals surface area contributed by atoms with Crippen LogP contribution in [-0.4, -0.2) is 25.0 Å². The lowest BCUT2D eigenvalue weighted by molar-refractivity contribution is -0.120. The monoisotopic (exact) mass is 170 g/mol. The molecule has 70 valence electrons. The second kappa shape index (κ2) is 4.45. The van der Waals surface area contributed by atoms with Crippen molar-refractivity contribution >= 4 is 5.91 Å². The van der Waals surface area contributed by atoms with E-state index in [4.69, 9.17) is 0 Å². The first-order chi connectivity index (χ1) is 5.74. The zero-order valence-electron chi connectivity index (χ0n) is 7.89. The molecule has 2 N–H and O–H groups in total. The maximum Gasteiger partial charge on any atom is 0.217 e. The summed E-state index contributed by atoms with van der Waals surface area (Å²) < 4.78 is 0. The molecule has 0 aliphatic heterocycles. The van der Waals surface area contributed by atoms with Crippen molar-refractivity contribution in [3.05, 3.63) is 0 Å². The predicted octanol–water partition coefficient (Wildman–Crippen LogP) is 0.653. The summed E-state index contributed by atoms with van der Waals surface area (Å²) in [6, 6.07) is 0.823. The Morgan fingerprint density at radius 2 is 1.83 bits per heavy atom. The first kappa shape index (κ1) is 9.52. The van der Waals surface area contributed by atoms with Crippen molar-refractivity contribution in [1.29, 1.82) is 0 Å². The first-order valence-corrected chi connectivity index (χ1v) is 4.68. The van der Waals surface area contributed by atoms with Crippen LogP contribution < -0.4 is 10.6 Å².